The predicted octanol–water partition coefficient (Wildman–Crippen LogP) is 1.64. The van der Waals surface area contributed by atoms with Gasteiger partial charge in [0.2, 0.25) is 0 Å². The third kappa shape index (κ3) is 11.9. The molecule has 0 heterocycles. The second-order valence-electron chi connectivity index (χ2n) is 2.57. The van der Waals surface area contributed by atoms with Gasteiger partial charge in [-0.25, -0.2) is 0 Å². The minimum atomic E-state index is -1.10. The molecule has 0 bridgehead atoms. The number of carbonyl (C=O) groups excluding carboxylic acids is 1. The summed E-state index contributed by atoms with van der Waals surface area (Å²) in [5.41, 5.74) is 0. The van der Waals surface area contributed by atoms with Gasteiger partial charge in [-0.1, -0.05) is 32.3 Å². The fourth-order valence-electron chi connectivity index (χ4n) is 0.869. The van der Waals surface area contributed by atoms with E-state index in [1.54, 1.807) is 6.08 Å². The molecule has 0 aromatic rings. The average Bonchev–Trinajstić information content (AvgIpc) is 1.96. The van der Waals surface area contributed by atoms with Crippen molar-refractivity contribution >= 4 is 5.97 Å². The molecule has 12 heavy (non-hydrogen) atoms. The quantitative estimate of drug-likeness (QED) is 0.489. The van der Waals surface area contributed by atoms with Crippen LogP contribution in [0, 0.1) is 0 Å². The van der Waals surface area contributed by atoms with E-state index < -0.39 is 5.97 Å². The van der Waals surface area contributed by atoms with Gasteiger partial charge in [0.05, 0.1) is 5.97 Å². The number of carboxylic acids is 1. The lowest BCUT2D eigenvalue weighted by Gasteiger charge is -1.94. The van der Waals surface area contributed by atoms with Gasteiger partial charge in [-0.2, -0.15) is 0 Å². The van der Waals surface area contributed by atoms with Crippen molar-refractivity contribution < 1.29 is 9.90 Å². The maximum Gasteiger partial charge on any atom is 0.0639 e. The molecule has 72 valence electrons. The lowest BCUT2D eigenvalue weighted by atomic mass is 10.1. The van der Waals surface area contributed by atoms with E-state index in [0.717, 1.165) is 18.9 Å². The highest BCUT2D eigenvalue weighted by Crippen LogP contribution is 2.02. The van der Waals surface area contributed by atoms with Gasteiger partial charge in [0.15, 0.2) is 0 Å². The van der Waals surface area contributed by atoms with Gasteiger partial charge in [0.1, 0.15) is 0 Å². The lowest BCUT2D eigenvalue weighted by molar-refractivity contribution is -0.297. The molecule has 0 aliphatic carbocycles. The highest BCUT2D eigenvalue weighted by Gasteiger charge is 1.83. The van der Waals surface area contributed by atoms with Crippen molar-refractivity contribution in [2.24, 2.45) is 0 Å². The van der Waals surface area contributed by atoms with E-state index in [-0.39, 0.29) is 6.15 Å². The number of carbonyl (C=O) groups is 1. The summed E-state index contributed by atoms with van der Waals surface area (Å²) in [4.78, 5) is 9.89. The zero-order chi connectivity index (χ0) is 8.53. The van der Waals surface area contributed by atoms with E-state index in [4.69, 9.17) is 0 Å². The summed E-state index contributed by atoms with van der Waals surface area (Å²) in [6.07, 6.45) is 8.33. The third-order valence-corrected chi connectivity index (χ3v) is 1.48. The molecule has 0 unspecified atom stereocenters. The molecule has 0 aromatic heterocycles. The van der Waals surface area contributed by atoms with Crippen LogP contribution >= 0.6 is 0 Å². The maximum absolute atomic E-state index is 9.89. The Morgan fingerprint density at radius 1 is 1.33 bits per heavy atom. The Bertz CT molecular complexity index is 132. The summed E-state index contributed by atoms with van der Waals surface area (Å²) in [6.45, 7) is 2.15. The summed E-state index contributed by atoms with van der Waals surface area (Å²) in [6, 6.07) is 0. The Labute approximate surface area is 74.1 Å². The van der Waals surface area contributed by atoms with E-state index in [9.17, 15) is 9.90 Å². The lowest BCUT2D eigenvalue weighted by Crippen LogP contribution is -2.18. The van der Waals surface area contributed by atoms with Crippen molar-refractivity contribution in [3.8, 4) is 0 Å². The van der Waals surface area contributed by atoms with Crippen LogP contribution in [0.3, 0.4) is 0 Å². The monoisotopic (exact) mass is 173 g/mol. The number of hydrogen-bond acceptors (Lipinski definition) is 2. The van der Waals surface area contributed by atoms with Crippen molar-refractivity contribution in [1.82, 2.24) is 6.15 Å². The zero-order valence-electron chi connectivity index (χ0n) is 8.01. The van der Waals surface area contributed by atoms with Crippen LogP contribution in [-0.4, -0.2) is 5.97 Å². The van der Waals surface area contributed by atoms with Gasteiger partial charge < -0.3 is 16.1 Å². The van der Waals surface area contributed by atoms with Gasteiger partial charge >= 0.3 is 0 Å². The van der Waals surface area contributed by atoms with Gasteiger partial charge in [-0.3, -0.25) is 0 Å². The van der Waals surface area contributed by atoms with Gasteiger partial charge in [-0.05, 0) is 18.9 Å². The zero-order valence-corrected chi connectivity index (χ0v) is 8.01. The van der Waals surface area contributed by atoms with Crippen LogP contribution in [0.4, 0.5) is 0 Å². The maximum atomic E-state index is 9.89. The first-order valence-corrected chi connectivity index (χ1v) is 4.15. The van der Waals surface area contributed by atoms with Crippen molar-refractivity contribution in [3.05, 3.63) is 12.2 Å². The summed E-state index contributed by atoms with van der Waals surface area (Å²) < 4.78 is 0. The SMILES string of the molecule is CCCCCCC=CC(=O)[O-].[NH4+]. The fourth-order valence-corrected chi connectivity index (χ4v) is 0.869. The molecule has 3 nitrogen and oxygen atoms in total. The number of carboxylic acid groups (broad SMARTS) is 1. The van der Waals surface area contributed by atoms with Crippen LogP contribution in [0.15, 0.2) is 12.2 Å². The Morgan fingerprint density at radius 3 is 2.50 bits per heavy atom. The van der Waals surface area contributed by atoms with E-state index in [1.807, 2.05) is 0 Å². The molecule has 0 aromatic carbocycles. The molecular weight excluding hydrogens is 154 g/mol. The van der Waals surface area contributed by atoms with Crippen molar-refractivity contribution in [1.29, 1.82) is 0 Å². The van der Waals surface area contributed by atoms with Gasteiger partial charge in [0.25, 0.3) is 0 Å². The molecule has 0 spiro atoms. The van der Waals surface area contributed by atoms with Crippen LogP contribution < -0.4 is 11.3 Å². The second kappa shape index (κ2) is 10.2. The van der Waals surface area contributed by atoms with E-state index in [2.05, 4.69) is 6.92 Å². The van der Waals surface area contributed by atoms with Crippen LogP contribution in [0.5, 0.6) is 0 Å². The molecule has 4 N–H and O–H groups in total. The number of allylic oxidation sites excluding steroid dienone is 1. The summed E-state index contributed by atoms with van der Waals surface area (Å²) >= 11 is 0. The molecule has 0 saturated carbocycles. The minimum Gasteiger partial charge on any atom is -0.545 e. The molecule has 0 radical (unpaired) electrons. The Balaban J connectivity index is 0. The minimum absolute atomic E-state index is 0. The van der Waals surface area contributed by atoms with E-state index in [1.165, 1.54) is 19.3 Å². The van der Waals surface area contributed by atoms with Crippen LogP contribution in [-0.2, 0) is 4.79 Å². The molecule has 0 fully saturated rings. The number of unbranched alkanes of at least 4 members (excludes halogenated alkanes) is 4. The van der Waals surface area contributed by atoms with Crippen molar-refractivity contribution in [2.75, 3.05) is 0 Å². The first-order valence-electron chi connectivity index (χ1n) is 4.15. The first-order chi connectivity index (χ1) is 5.27. The summed E-state index contributed by atoms with van der Waals surface area (Å²) in [7, 11) is 0. The topological polar surface area (TPSA) is 76.6 Å². The molecular formula is C9H19NO2. The number of aliphatic carboxylic acids is 1. The Hall–Kier alpha value is -0.830. The van der Waals surface area contributed by atoms with Crippen LogP contribution in [0.1, 0.15) is 39.0 Å². The largest absolute Gasteiger partial charge is 0.545 e. The van der Waals surface area contributed by atoms with Gasteiger partial charge in [0, 0.05) is 0 Å². The number of quaternary nitrogens is 1. The van der Waals surface area contributed by atoms with E-state index in [0.29, 0.717) is 0 Å². The molecule has 0 atom stereocenters. The molecule has 0 saturated heterocycles. The third-order valence-electron chi connectivity index (χ3n) is 1.48. The highest BCUT2D eigenvalue weighted by atomic mass is 16.4. The Morgan fingerprint density at radius 2 is 2.00 bits per heavy atom. The summed E-state index contributed by atoms with van der Waals surface area (Å²) in [5.74, 6) is -1.10. The van der Waals surface area contributed by atoms with E-state index >= 15 is 0 Å². The predicted molar refractivity (Wildman–Crippen MR) is 48.9 cm³/mol. The molecule has 0 aliphatic rings. The average molecular weight is 173 g/mol. The van der Waals surface area contributed by atoms with Crippen molar-refractivity contribution in [2.45, 2.75) is 39.0 Å². The fraction of sp³-hybridized carbons (Fsp3) is 0.667. The molecule has 0 amide bonds. The first kappa shape index (κ1) is 13.7. The normalized spacial score (nSPS) is 9.75. The smallest absolute Gasteiger partial charge is 0.0639 e. The van der Waals surface area contributed by atoms with Crippen LogP contribution in [0.25, 0.3) is 0 Å². The highest BCUT2D eigenvalue weighted by molar-refractivity contribution is 5.77. The number of rotatable bonds is 6. The molecule has 3 heteroatoms. The number of hydrogen-bond donors (Lipinski definition) is 1. The van der Waals surface area contributed by atoms with Crippen LogP contribution in [0.2, 0.25) is 0 Å². The molecule has 0 rings (SSSR count). The molecule has 0 aliphatic heterocycles. The standard InChI is InChI=1S/C9H16O2.H3N/c1-2-3-4-5-6-7-8-9(10)11;/h7-8H,2-6H2,1H3,(H,10,11);1H3. The van der Waals surface area contributed by atoms with Gasteiger partial charge in [-0.15, -0.1) is 0 Å². The van der Waals surface area contributed by atoms with Crippen molar-refractivity contribution in [3.63, 3.8) is 0 Å². The Kier molecular flexibility index (Phi) is 11.6. The second-order valence-corrected chi connectivity index (χ2v) is 2.57. The summed E-state index contributed by atoms with van der Waals surface area (Å²) in [5, 5.41) is 9.89.